The van der Waals surface area contributed by atoms with Crippen LogP contribution in [0.4, 0.5) is 0 Å². The van der Waals surface area contributed by atoms with Crippen LogP contribution < -0.4 is 11.1 Å². The predicted molar refractivity (Wildman–Crippen MR) is 59.1 cm³/mol. The molecule has 0 amide bonds. The maximum Gasteiger partial charge on any atom is 0.0197 e. The molecule has 1 saturated heterocycles. The van der Waals surface area contributed by atoms with Gasteiger partial charge < -0.3 is 11.1 Å². The highest BCUT2D eigenvalue weighted by Gasteiger charge is 2.21. The van der Waals surface area contributed by atoms with E-state index in [9.17, 15) is 0 Å². The molecule has 1 fully saturated rings. The van der Waals surface area contributed by atoms with Crippen molar-refractivity contribution in [2.24, 2.45) is 11.7 Å². The third-order valence-electron chi connectivity index (χ3n) is 3.02. The van der Waals surface area contributed by atoms with E-state index in [4.69, 9.17) is 5.73 Å². The average Bonchev–Trinajstić information content (AvgIpc) is 2.23. The van der Waals surface area contributed by atoms with Crippen molar-refractivity contribution in [1.82, 2.24) is 5.32 Å². The van der Waals surface area contributed by atoms with Crippen molar-refractivity contribution in [3.63, 3.8) is 0 Å². The Balaban J connectivity index is 1.96. The van der Waals surface area contributed by atoms with E-state index in [2.05, 4.69) is 35.6 Å². The van der Waals surface area contributed by atoms with E-state index in [0.717, 1.165) is 19.5 Å². The molecule has 0 unspecified atom stereocenters. The van der Waals surface area contributed by atoms with Gasteiger partial charge >= 0.3 is 0 Å². The summed E-state index contributed by atoms with van der Waals surface area (Å²) in [6.45, 7) is 2.09. The first-order valence-corrected chi connectivity index (χ1v) is 5.36. The van der Waals surface area contributed by atoms with Gasteiger partial charge in [0.15, 0.2) is 0 Å². The van der Waals surface area contributed by atoms with Crippen LogP contribution in [0, 0.1) is 5.92 Å². The van der Waals surface area contributed by atoms with Gasteiger partial charge in [0.2, 0.25) is 0 Å². The molecule has 76 valence electrons. The third-order valence-corrected chi connectivity index (χ3v) is 3.02. The molecule has 1 heterocycles. The normalized spacial score (nSPS) is 27.5. The Morgan fingerprint density at radius 1 is 1.29 bits per heavy atom. The molecule has 0 bridgehead atoms. The Bertz CT molecular complexity index is 271. The SMILES string of the molecule is N[C@@H]1CNCC[C@H]1Cc1ccccc1. The molecule has 0 aliphatic carbocycles. The highest BCUT2D eigenvalue weighted by atomic mass is 14.9. The lowest BCUT2D eigenvalue weighted by atomic mass is 9.87. The van der Waals surface area contributed by atoms with Gasteiger partial charge in [0.25, 0.3) is 0 Å². The molecule has 1 aliphatic rings. The van der Waals surface area contributed by atoms with Crippen molar-refractivity contribution in [3.05, 3.63) is 35.9 Å². The lowest BCUT2D eigenvalue weighted by Gasteiger charge is -2.29. The average molecular weight is 190 g/mol. The summed E-state index contributed by atoms with van der Waals surface area (Å²) in [6, 6.07) is 11.0. The highest BCUT2D eigenvalue weighted by molar-refractivity contribution is 5.15. The summed E-state index contributed by atoms with van der Waals surface area (Å²) in [5.74, 6) is 0.652. The lowest BCUT2D eigenvalue weighted by molar-refractivity contribution is 0.322. The van der Waals surface area contributed by atoms with Crippen molar-refractivity contribution in [3.8, 4) is 0 Å². The van der Waals surface area contributed by atoms with Crippen molar-refractivity contribution < 1.29 is 0 Å². The molecule has 1 aliphatic heterocycles. The molecule has 2 heteroatoms. The zero-order chi connectivity index (χ0) is 9.80. The Kier molecular flexibility index (Phi) is 3.17. The van der Waals surface area contributed by atoms with Crippen LogP contribution in [0.15, 0.2) is 30.3 Å². The molecule has 3 N–H and O–H groups in total. The number of rotatable bonds is 2. The summed E-state index contributed by atoms with van der Waals surface area (Å²) in [6.07, 6.45) is 2.33. The summed E-state index contributed by atoms with van der Waals surface area (Å²) >= 11 is 0. The minimum atomic E-state index is 0.323. The first kappa shape index (κ1) is 9.69. The molecular formula is C12H18N2. The number of piperidine rings is 1. The van der Waals surface area contributed by atoms with Gasteiger partial charge in [-0.15, -0.1) is 0 Å². The number of nitrogens with one attached hydrogen (secondary N) is 1. The van der Waals surface area contributed by atoms with Crippen molar-refractivity contribution in [2.45, 2.75) is 18.9 Å². The van der Waals surface area contributed by atoms with Crippen LogP contribution in [0.25, 0.3) is 0 Å². The molecule has 0 aromatic heterocycles. The van der Waals surface area contributed by atoms with Crippen molar-refractivity contribution >= 4 is 0 Å². The minimum absolute atomic E-state index is 0.323. The molecule has 0 radical (unpaired) electrons. The van der Waals surface area contributed by atoms with Gasteiger partial charge in [-0.25, -0.2) is 0 Å². The highest BCUT2D eigenvalue weighted by Crippen LogP contribution is 2.16. The summed E-state index contributed by atoms with van der Waals surface area (Å²) in [5.41, 5.74) is 7.48. The fourth-order valence-corrected chi connectivity index (χ4v) is 2.11. The van der Waals surface area contributed by atoms with Crippen molar-refractivity contribution in [2.75, 3.05) is 13.1 Å². The van der Waals surface area contributed by atoms with Gasteiger partial charge in [0.1, 0.15) is 0 Å². The molecule has 1 aromatic carbocycles. The number of hydrogen-bond acceptors (Lipinski definition) is 2. The van der Waals surface area contributed by atoms with E-state index in [1.165, 1.54) is 12.0 Å². The van der Waals surface area contributed by atoms with Gasteiger partial charge in [-0.1, -0.05) is 30.3 Å². The monoisotopic (exact) mass is 190 g/mol. The Labute approximate surface area is 85.5 Å². The zero-order valence-corrected chi connectivity index (χ0v) is 8.45. The fraction of sp³-hybridized carbons (Fsp3) is 0.500. The molecule has 1 aromatic rings. The second-order valence-corrected chi connectivity index (χ2v) is 4.11. The molecule has 0 spiro atoms. The zero-order valence-electron chi connectivity index (χ0n) is 8.45. The standard InChI is InChI=1S/C12H18N2/c13-12-9-14-7-6-11(12)8-10-4-2-1-3-5-10/h1-5,11-12,14H,6-9,13H2/t11-,12+/m0/s1. The van der Waals surface area contributed by atoms with Crippen LogP contribution in [0.3, 0.4) is 0 Å². The van der Waals surface area contributed by atoms with Gasteiger partial charge in [-0.05, 0) is 30.9 Å². The van der Waals surface area contributed by atoms with Crippen molar-refractivity contribution in [1.29, 1.82) is 0 Å². The Morgan fingerprint density at radius 3 is 2.79 bits per heavy atom. The van der Waals surface area contributed by atoms with Crippen LogP contribution in [0.1, 0.15) is 12.0 Å². The number of hydrogen-bond donors (Lipinski definition) is 2. The molecule has 2 atom stereocenters. The first-order valence-electron chi connectivity index (χ1n) is 5.36. The van der Waals surface area contributed by atoms with E-state index in [1.54, 1.807) is 0 Å². The third kappa shape index (κ3) is 2.34. The van der Waals surface area contributed by atoms with E-state index >= 15 is 0 Å². The van der Waals surface area contributed by atoms with Gasteiger partial charge in [0.05, 0.1) is 0 Å². The Hall–Kier alpha value is -0.860. The van der Waals surface area contributed by atoms with E-state index in [1.807, 2.05) is 0 Å². The second-order valence-electron chi connectivity index (χ2n) is 4.11. The summed E-state index contributed by atoms with van der Waals surface area (Å²) in [4.78, 5) is 0. The van der Waals surface area contributed by atoms with Gasteiger partial charge in [0, 0.05) is 12.6 Å². The van der Waals surface area contributed by atoms with Crippen LogP contribution >= 0.6 is 0 Å². The van der Waals surface area contributed by atoms with E-state index < -0.39 is 0 Å². The topological polar surface area (TPSA) is 38.0 Å². The fourth-order valence-electron chi connectivity index (χ4n) is 2.11. The molecule has 0 saturated carbocycles. The maximum atomic E-state index is 6.06. The molecule has 2 rings (SSSR count). The maximum absolute atomic E-state index is 6.06. The molecule has 2 nitrogen and oxygen atoms in total. The van der Waals surface area contributed by atoms with Crippen LogP contribution in [-0.2, 0) is 6.42 Å². The Morgan fingerprint density at radius 2 is 2.07 bits per heavy atom. The lowest BCUT2D eigenvalue weighted by Crippen LogP contribution is -2.46. The molecular weight excluding hydrogens is 172 g/mol. The first-order chi connectivity index (χ1) is 6.86. The smallest absolute Gasteiger partial charge is 0.0197 e. The van der Waals surface area contributed by atoms with Crippen LogP contribution in [0.5, 0.6) is 0 Å². The van der Waals surface area contributed by atoms with E-state index in [0.29, 0.717) is 12.0 Å². The quantitative estimate of drug-likeness (QED) is 0.734. The summed E-state index contributed by atoms with van der Waals surface area (Å²) in [5, 5.41) is 3.33. The van der Waals surface area contributed by atoms with Crippen LogP contribution in [0.2, 0.25) is 0 Å². The predicted octanol–water partition coefficient (Wildman–Crippen LogP) is 1.17. The van der Waals surface area contributed by atoms with E-state index in [-0.39, 0.29) is 0 Å². The second kappa shape index (κ2) is 4.58. The van der Waals surface area contributed by atoms with Gasteiger partial charge in [-0.2, -0.15) is 0 Å². The largest absolute Gasteiger partial charge is 0.326 e. The van der Waals surface area contributed by atoms with Gasteiger partial charge in [-0.3, -0.25) is 0 Å². The van der Waals surface area contributed by atoms with Crippen LogP contribution in [-0.4, -0.2) is 19.1 Å². The minimum Gasteiger partial charge on any atom is -0.326 e. The number of nitrogens with two attached hydrogens (primary N) is 1. The summed E-state index contributed by atoms with van der Waals surface area (Å²) < 4.78 is 0. The summed E-state index contributed by atoms with van der Waals surface area (Å²) in [7, 11) is 0. The number of benzene rings is 1. The molecule has 14 heavy (non-hydrogen) atoms.